The molecular formula is C21H30N4O. The molecule has 2 heterocycles. The van der Waals surface area contributed by atoms with Crippen LogP contribution in [0.3, 0.4) is 0 Å². The first-order chi connectivity index (χ1) is 12.7. The number of aliphatic imine (C=N–C) groups is 1. The van der Waals surface area contributed by atoms with Crippen LogP contribution in [-0.4, -0.2) is 37.5 Å². The van der Waals surface area contributed by atoms with Gasteiger partial charge in [-0.1, -0.05) is 30.3 Å². The second-order valence-electron chi connectivity index (χ2n) is 6.91. The number of aryl methyl sites for hydroxylation is 2. The Morgan fingerprint density at radius 1 is 1.15 bits per heavy atom. The van der Waals surface area contributed by atoms with E-state index in [9.17, 15) is 0 Å². The van der Waals surface area contributed by atoms with E-state index in [2.05, 4.69) is 56.9 Å². The number of hydrogen-bond donors (Lipinski definition) is 2. The topological polar surface area (TPSA) is 52.8 Å². The zero-order valence-electron chi connectivity index (χ0n) is 16.1. The average Bonchev–Trinajstić information content (AvgIpc) is 3.28. The Labute approximate surface area is 156 Å². The highest BCUT2D eigenvalue weighted by Gasteiger charge is 2.23. The van der Waals surface area contributed by atoms with Gasteiger partial charge in [-0.2, -0.15) is 0 Å². The smallest absolute Gasteiger partial charge is 0.191 e. The monoisotopic (exact) mass is 354 g/mol. The van der Waals surface area contributed by atoms with Gasteiger partial charge in [-0.15, -0.1) is 0 Å². The molecule has 0 aliphatic carbocycles. The maximum absolute atomic E-state index is 5.60. The molecular weight excluding hydrogens is 324 g/mol. The fourth-order valence-electron chi connectivity index (χ4n) is 3.64. The van der Waals surface area contributed by atoms with Crippen LogP contribution in [0.15, 0.2) is 45.8 Å². The predicted octanol–water partition coefficient (Wildman–Crippen LogP) is 3.40. The number of benzene rings is 1. The molecule has 2 aromatic rings. The van der Waals surface area contributed by atoms with E-state index in [0.717, 1.165) is 24.0 Å². The number of rotatable bonds is 6. The van der Waals surface area contributed by atoms with Crippen molar-refractivity contribution < 1.29 is 4.42 Å². The van der Waals surface area contributed by atoms with Gasteiger partial charge in [0, 0.05) is 25.7 Å². The van der Waals surface area contributed by atoms with E-state index in [4.69, 9.17) is 4.42 Å². The molecule has 5 nitrogen and oxygen atoms in total. The third-order valence-corrected chi connectivity index (χ3v) is 5.04. The minimum Gasteiger partial charge on any atom is -0.466 e. The Balaban J connectivity index is 1.60. The molecule has 0 spiro atoms. The van der Waals surface area contributed by atoms with E-state index in [1.165, 1.54) is 37.1 Å². The lowest BCUT2D eigenvalue weighted by atomic mass is 10.1. The zero-order valence-corrected chi connectivity index (χ0v) is 16.1. The van der Waals surface area contributed by atoms with E-state index < -0.39 is 0 Å². The zero-order chi connectivity index (χ0) is 18.4. The van der Waals surface area contributed by atoms with Crippen LogP contribution in [0.5, 0.6) is 0 Å². The van der Waals surface area contributed by atoms with Crippen molar-refractivity contribution in [3.63, 3.8) is 0 Å². The molecule has 3 rings (SSSR count). The molecule has 0 amide bonds. The molecule has 1 atom stereocenters. The summed E-state index contributed by atoms with van der Waals surface area (Å²) < 4.78 is 5.60. The number of nitrogens with one attached hydrogen (secondary N) is 2. The molecule has 0 bridgehead atoms. The summed E-state index contributed by atoms with van der Waals surface area (Å²) in [5.41, 5.74) is 2.53. The molecule has 140 valence electrons. The second-order valence-corrected chi connectivity index (χ2v) is 6.91. The van der Waals surface area contributed by atoms with Crippen LogP contribution in [0.2, 0.25) is 0 Å². The van der Waals surface area contributed by atoms with Gasteiger partial charge in [0.1, 0.15) is 11.5 Å². The molecule has 2 N–H and O–H groups in total. The summed E-state index contributed by atoms with van der Waals surface area (Å²) in [4.78, 5) is 6.95. The molecule has 1 aromatic heterocycles. The minimum absolute atomic E-state index is 0.371. The predicted molar refractivity (Wildman–Crippen MR) is 106 cm³/mol. The number of hydrogen-bond acceptors (Lipinski definition) is 3. The fraction of sp³-hybridized carbons (Fsp3) is 0.476. The van der Waals surface area contributed by atoms with Crippen molar-refractivity contribution in [3.8, 4) is 0 Å². The van der Waals surface area contributed by atoms with Crippen LogP contribution in [0.25, 0.3) is 0 Å². The van der Waals surface area contributed by atoms with Crippen molar-refractivity contribution in [2.45, 2.75) is 39.3 Å². The molecule has 0 radical (unpaired) electrons. The van der Waals surface area contributed by atoms with Gasteiger partial charge in [-0.25, -0.2) is 0 Å². The van der Waals surface area contributed by atoms with Crippen LogP contribution >= 0.6 is 0 Å². The summed E-state index contributed by atoms with van der Waals surface area (Å²) in [6.45, 7) is 7.86. The molecule has 1 aromatic carbocycles. The number of likely N-dealkylation sites (tertiary alicyclic amines) is 1. The van der Waals surface area contributed by atoms with Crippen LogP contribution in [0.1, 0.15) is 41.5 Å². The van der Waals surface area contributed by atoms with Gasteiger partial charge in [-0.3, -0.25) is 9.89 Å². The van der Waals surface area contributed by atoms with Crippen molar-refractivity contribution in [2.75, 3.05) is 26.7 Å². The quantitative estimate of drug-likeness (QED) is 0.617. The maximum atomic E-state index is 5.60. The SMILES string of the molecule is CN=C(NCc1cc(C)oc1C)NCC(c1ccccc1)N1CCCC1. The van der Waals surface area contributed by atoms with Gasteiger partial charge < -0.3 is 15.1 Å². The largest absolute Gasteiger partial charge is 0.466 e. The van der Waals surface area contributed by atoms with Crippen LogP contribution < -0.4 is 10.6 Å². The van der Waals surface area contributed by atoms with Crippen LogP contribution in [0.4, 0.5) is 0 Å². The number of furan rings is 1. The van der Waals surface area contributed by atoms with Gasteiger partial charge in [-0.05, 0) is 51.4 Å². The molecule has 1 aliphatic heterocycles. The van der Waals surface area contributed by atoms with Gasteiger partial charge in [0.05, 0.1) is 6.04 Å². The summed E-state index contributed by atoms with van der Waals surface area (Å²) >= 11 is 0. The Morgan fingerprint density at radius 2 is 1.88 bits per heavy atom. The van der Waals surface area contributed by atoms with E-state index >= 15 is 0 Å². The van der Waals surface area contributed by atoms with Crippen molar-refractivity contribution >= 4 is 5.96 Å². The highest BCUT2D eigenvalue weighted by molar-refractivity contribution is 5.79. The first kappa shape index (κ1) is 18.5. The lowest BCUT2D eigenvalue weighted by molar-refractivity contribution is 0.245. The highest BCUT2D eigenvalue weighted by atomic mass is 16.3. The van der Waals surface area contributed by atoms with Crippen molar-refractivity contribution in [1.82, 2.24) is 15.5 Å². The van der Waals surface area contributed by atoms with E-state index in [0.29, 0.717) is 12.6 Å². The standard InChI is InChI=1S/C21H30N4O/c1-16-13-19(17(2)26-16)14-23-21(22-3)24-15-20(25-11-7-8-12-25)18-9-5-4-6-10-18/h4-6,9-10,13,20H,7-8,11-12,14-15H2,1-3H3,(H2,22,23,24). The Hall–Kier alpha value is -2.27. The maximum Gasteiger partial charge on any atom is 0.191 e. The summed E-state index contributed by atoms with van der Waals surface area (Å²) in [7, 11) is 1.82. The van der Waals surface area contributed by atoms with E-state index in [-0.39, 0.29) is 0 Å². The second kappa shape index (κ2) is 8.90. The summed E-state index contributed by atoms with van der Waals surface area (Å²) in [6, 6.07) is 13.2. The molecule has 26 heavy (non-hydrogen) atoms. The Kier molecular flexibility index (Phi) is 6.34. The Bertz CT molecular complexity index is 717. The first-order valence-electron chi connectivity index (χ1n) is 9.47. The van der Waals surface area contributed by atoms with Crippen molar-refractivity contribution in [2.24, 2.45) is 4.99 Å². The minimum atomic E-state index is 0.371. The molecule has 1 saturated heterocycles. The number of guanidine groups is 1. The molecule has 1 unspecified atom stereocenters. The molecule has 1 aliphatic rings. The van der Waals surface area contributed by atoms with Crippen LogP contribution in [-0.2, 0) is 6.54 Å². The van der Waals surface area contributed by atoms with E-state index in [1.54, 1.807) is 0 Å². The van der Waals surface area contributed by atoms with E-state index in [1.807, 2.05) is 20.9 Å². The fourth-order valence-corrected chi connectivity index (χ4v) is 3.64. The third-order valence-electron chi connectivity index (χ3n) is 5.04. The number of nitrogens with zero attached hydrogens (tertiary/aromatic N) is 2. The molecule has 5 heteroatoms. The van der Waals surface area contributed by atoms with Crippen molar-refractivity contribution in [1.29, 1.82) is 0 Å². The van der Waals surface area contributed by atoms with Gasteiger partial charge in [0.15, 0.2) is 5.96 Å². The van der Waals surface area contributed by atoms with Crippen molar-refractivity contribution in [3.05, 3.63) is 59.0 Å². The van der Waals surface area contributed by atoms with Gasteiger partial charge >= 0.3 is 0 Å². The third kappa shape index (κ3) is 4.67. The summed E-state index contributed by atoms with van der Waals surface area (Å²) in [5.74, 6) is 2.73. The van der Waals surface area contributed by atoms with Gasteiger partial charge in [0.25, 0.3) is 0 Å². The lowest BCUT2D eigenvalue weighted by Gasteiger charge is -2.29. The molecule has 1 fully saturated rings. The highest BCUT2D eigenvalue weighted by Crippen LogP contribution is 2.24. The van der Waals surface area contributed by atoms with Gasteiger partial charge in [0.2, 0.25) is 0 Å². The normalized spacial score (nSPS) is 16.7. The van der Waals surface area contributed by atoms with Crippen LogP contribution in [0, 0.1) is 13.8 Å². The summed E-state index contributed by atoms with van der Waals surface area (Å²) in [5, 5.41) is 6.91. The summed E-state index contributed by atoms with van der Waals surface area (Å²) in [6.07, 6.45) is 2.57. The Morgan fingerprint density at radius 3 is 2.50 bits per heavy atom. The molecule has 0 saturated carbocycles. The first-order valence-corrected chi connectivity index (χ1v) is 9.47. The average molecular weight is 354 g/mol. The lowest BCUT2D eigenvalue weighted by Crippen LogP contribution is -2.42.